The first-order chi connectivity index (χ1) is 9.60. The molecule has 1 heterocycles. The molecule has 2 unspecified atom stereocenters. The molecule has 1 aliphatic heterocycles. The number of likely N-dealkylation sites (tertiary alicyclic amines) is 1. The lowest BCUT2D eigenvalue weighted by Crippen LogP contribution is -2.41. The minimum absolute atomic E-state index is 0.0150. The van der Waals surface area contributed by atoms with Crippen LogP contribution in [0.3, 0.4) is 0 Å². The Morgan fingerprint density at radius 3 is 2.50 bits per heavy atom. The maximum Gasteiger partial charge on any atom is 0.224 e. The molecule has 1 aromatic carbocycles. The predicted octanol–water partition coefficient (Wildman–Crippen LogP) is 3.80. The normalized spacial score (nSPS) is 20.1. The van der Waals surface area contributed by atoms with Crippen LogP contribution >= 0.6 is 0 Å². The summed E-state index contributed by atoms with van der Waals surface area (Å²) in [5, 5.41) is 0. The van der Waals surface area contributed by atoms with E-state index in [9.17, 15) is 4.79 Å². The highest BCUT2D eigenvalue weighted by Crippen LogP contribution is 2.17. The molecule has 112 valence electrons. The van der Waals surface area contributed by atoms with E-state index in [1.54, 1.807) is 19.1 Å². The van der Waals surface area contributed by atoms with Gasteiger partial charge in [0, 0.05) is 20.6 Å². The summed E-state index contributed by atoms with van der Waals surface area (Å²) in [5.74, 6) is 0.902. The number of hydrogen-bond acceptors (Lipinski definition) is 2. The zero-order chi connectivity index (χ0) is 15.0. The standard InChI is InChI=1S/C10H14.C7H13NO2/c1-3-9(2)10-7-5-4-6-8-10;1-8-6(9)4-3-5-7(8)10-2/h4-9H,3H2,1-2H3;7H,3-5H2,1-2H3. The molecule has 1 amide bonds. The van der Waals surface area contributed by atoms with Gasteiger partial charge in [-0.15, -0.1) is 0 Å². The van der Waals surface area contributed by atoms with E-state index < -0.39 is 0 Å². The molecule has 0 aliphatic carbocycles. The van der Waals surface area contributed by atoms with Crippen molar-refractivity contribution in [3.8, 4) is 0 Å². The van der Waals surface area contributed by atoms with Gasteiger partial charge in [0.1, 0.15) is 6.23 Å². The monoisotopic (exact) mass is 277 g/mol. The maximum absolute atomic E-state index is 11.0. The summed E-state index contributed by atoms with van der Waals surface area (Å²) in [6, 6.07) is 10.6. The van der Waals surface area contributed by atoms with E-state index in [-0.39, 0.29) is 12.1 Å². The van der Waals surface area contributed by atoms with Crippen LogP contribution in [0.5, 0.6) is 0 Å². The Bertz CT molecular complexity index is 391. The number of methoxy groups -OCH3 is 1. The van der Waals surface area contributed by atoms with E-state index in [1.165, 1.54) is 12.0 Å². The fourth-order valence-electron chi connectivity index (χ4n) is 2.25. The maximum atomic E-state index is 11.0. The van der Waals surface area contributed by atoms with E-state index in [1.807, 2.05) is 0 Å². The van der Waals surface area contributed by atoms with Crippen LogP contribution in [0, 0.1) is 0 Å². The number of ether oxygens (including phenoxy) is 1. The van der Waals surface area contributed by atoms with Crippen LogP contribution in [0.1, 0.15) is 51.0 Å². The zero-order valence-corrected chi connectivity index (χ0v) is 13.1. The van der Waals surface area contributed by atoms with Crippen molar-refractivity contribution in [2.24, 2.45) is 0 Å². The molecule has 1 saturated heterocycles. The molecule has 1 aromatic rings. The SMILES string of the molecule is CCC(C)c1ccccc1.COC1CCCC(=O)N1C. The highest BCUT2D eigenvalue weighted by Gasteiger charge is 2.23. The number of benzene rings is 1. The number of carbonyl (C=O) groups excluding carboxylic acids is 1. The van der Waals surface area contributed by atoms with Crippen molar-refractivity contribution in [3.63, 3.8) is 0 Å². The quantitative estimate of drug-likeness (QED) is 0.841. The minimum Gasteiger partial charge on any atom is -0.362 e. The molecule has 3 heteroatoms. The Labute approximate surface area is 122 Å². The Kier molecular flexibility index (Phi) is 7.31. The fourth-order valence-corrected chi connectivity index (χ4v) is 2.25. The first-order valence-electron chi connectivity index (χ1n) is 7.43. The van der Waals surface area contributed by atoms with Crippen LogP contribution in [0.15, 0.2) is 30.3 Å². The van der Waals surface area contributed by atoms with Crippen molar-refractivity contribution in [3.05, 3.63) is 35.9 Å². The van der Waals surface area contributed by atoms with Gasteiger partial charge in [-0.1, -0.05) is 44.2 Å². The zero-order valence-electron chi connectivity index (χ0n) is 13.1. The molecule has 1 aliphatic rings. The molecule has 0 spiro atoms. The molecule has 2 rings (SSSR count). The molecule has 0 radical (unpaired) electrons. The van der Waals surface area contributed by atoms with Crippen LogP contribution in [0.25, 0.3) is 0 Å². The summed E-state index contributed by atoms with van der Waals surface area (Å²) in [6.45, 7) is 4.48. The van der Waals surface area contributed by atoms with Crippen LogP contribution in [0.4, 0.5) is 0 Å². The first kappa shape index (κ1) is 16.7. The topological polar surface area (TPSA) is 29.5 Å². The third-order valence-electron chi connectivity index (χ3n) is 3.92. The van der Waals surface area contributed by atoms with Gasteiger partial charge in [0.15, 0.2) is 0 Å². The molecule has 3 nitrogen and oxygen atoms in total. The highest BCUT2D eigenvalue weighted by molar-refractivity contribution is 5.76. The Balaban J connectivity index is 0.000000200. The van der Waals surface area contributed by atoms with E-state index >= 15 is 0 Å². The minimum atomic E-state index is 0.0150. The molecular weight excluding hydrogens is 250 g/mol. The molecular formula is C17H27NO2. The van der Waals surface area contributed by atoms with E-state index in [0.29, 0.717) is 12.3 Å². The van der Waals surface area contributed by atoms with E-state index in [2.05, 4.69) is 44.2 Å². The van der Waals surface area contributed by atoms with Gasteiger partial charge in [-0.2, -0.15) is 0 Å². The molecule has 0 bridgehead atoms. The van der Waals surface area contributed by atoms with Gasteiger partial charge in [0.25, 0.3) is 0 Å². The Hall–Kier alpha value is -1.35. The smallest absolute Gasteiger partial charge is 0.224 e. The van der Waals surface area contributed by atoms with E-state index in [0.717, 1.165) is 12.8 Å². The van der Waals surface area contributed by atoms with Gasteiger partial charge in [-0.25, -0.2) is 0 Å². The van der Waals surface area contributed by atoms with Crippen molar-refractivity contribution < 1.29 is 9.53 Å². The lowest BCUT2D eigenvalue weighted by molar-refractivity contribution is -0.146. The number of piperidine rings is 1. The highest BCUT2D eigenvalue weighted by atomic mass is 16.5. The number of rotatable bonds is 3. The Morgan fingerprint density at radius 1 is 1.35 bits per heavy atom. The second kappa shape index (κ2) is 8.75. The Morgan fingerprint density at radius 2 is 2.00 bits per heavy atom. The first-order valence-corrected chi connectivity index (χ1v) is 7.43. The molecule has 1 fully saturated rings. The van der Waals surface area contributed by atoms with Crippen molar-refractivity contribution in [1.29, 1.82) is 0 Å². The second-order valence-corrected chi connectivity index (χ2v) is 5.31. The summed E-state index contributed by atoms with van der Waals surface area (Å²) in [5.41, 5.74) is 1.45. The lowest BCUT2D eigenvalue weighted by atomic mass is 9.99. The van der Waals surface area contributed by atoms with Gasteiger partial charge in [0.05, 0.1) is 0 Å². The summed E-state index contributed by atoms with van der Waals surface area (Å²) >= 11 is 0. The van der Waals surface area contributed by atoms with Gasteiger partial charge >= 0.3 is 0 Å². The van der Waals surface area contributed by atoms with Crippen LogP contribution in [-0.2, 0) is 9.53 Å². The van der Waals surface area contributed by atoms with Crippen LogP contribution < -0.4 is 0 Å². The molecule has 0 N–H and O–H groups in total. The summed E-state index contributed by atoms with van der Waals surface area (Å²) in [6.07, 6.45) is 3.85. The average Bonchev–Trinajstić information content (AvgIpc) is 2.51. The average molecular weight is 277 g/mol. The van der Waals surface area contributed by atoms with E-state index in [4.69, 9.17) is 4.74 Å². The summed E-state index contributed by atoms with van der Waals surface area (Å²) in [7, 11) is 3.43. The third-order valence-corrected chi connectivity index (χ3v) is 3.92. The van der Waals surface area contributed by atoms with Crippen molar-refractivity contribution in [2.45, 2.75) is 51.7 Å². The number of nitrogens with zero attached hydrogens (tertiary/aromatic N) is 1. The van der Waals surface area contributed by atoms with Gasteiger partial charge in [-0.05, 0) is 30.7 Å². The van der Waals surface area contributed by atoms with Crippen molar-refractivity contribution in [2.75, 3.05) is 14.2 Å². The predicted molar refractivity (Wildman–Crippen MR) is 82.6 cm³/mol. The lowest BCUT2D eigenvalue weighted by Gasteiger charge is -2.30. The number of amides is 1. The van der Waals surface area contributed by atoms with Gasteiger partial charge in [-0.3, -0.25) is 4.79 Å². The summed E-state index contributed by atoms with van der Waals surface area (Å²) < 4.78 is 5.08. The van der Waals surface area contributed by atoms with Crippen molar-refractivity contribution in [1.82, 2.24) is 4.90 Å². The second-order valence-electron chi connectivity index (χ2n) is 5.31. The largest absolute Gasteiger partial charge is 0.362 e. The van der Waals surface area contributed by atoms with Crippen molar-refractivity contribution >= 4 is 5.91 Å². The molecule has 0 aromatic heterocycles. The third kappa shape index (κ3) is 4.97. The molecule has 20 heavy (non-hydrogen) atoms. The van der Waals surface area contributed by atoms with Gasteiger partial charge in [0.2, 0.25) is 5.91 Å². The fraction of sp³-hybridized carbons (Fsp3) is 0.588. The number of carbonyl (C=O) groups is 1. The molecule has 0 saturated carbocycles. The molecule has 2 atom stereocenters. The van der Waals surface area contributed by atoms with Gasteiger partial charge < -0.3 is 9.64 Å². The van der Waals surface area contributed by atoms with Crippen LogP contribution in [0.2, 0.25) is 0 Å². The van der Waals surface area contributed by atoms with Crippen LogP contribution in [-0.4, -0.2) is 31.2 Å². The number of hydrogen-bond donors (Lipinski definition) is 0. The summed E-state index contributed by atoms with van der Waals surface area (Å²) in [4.78, 5) is 12.7.